The maximum atomic E-state index is 12.3. The first-order valence-electron chi connectivity index (χ1n) is 7.40. The van der Waals surface area contributed by atoms with Gasteiger partial charge in [0.05, 0.1) is 0 Å². The predicted molar refractivity (Wildman–Crippen MR) is 91.8 cm³/mol. The monoisotopic (exact) mass is 382 g/mol. The fourth-order valence-electron chi connectivity index (χ4n) is 2.03. The lowest BCUT2D eigenvalue weighted by molar-refractivity contribution is -0.139. The van der Waals surface area contributed by atoms with E-state index in [1.54, 1.807) is 12.1 Å². The second kappa shape index (κ2) is 7.58. The molecule has 1 aromatic carbocycles. The van der Waals surface area contributed by atoms with Crippen LogP contribution in [0.3, 0.4) is 0 Å². The minimum Gasteiger partial charge on any atom is -0.482 e. The van der Waals surface area contributed by atoms with Crippen molar-refractivity contribution in [2.24, 2.45) is 0 Å². The first-order valence-corrected chi connectivity index (χ1v) is 8.84. The number of nitrogens with zero attached hydrogens (tertiary/aromatic N) is 1. The van der Waals surface area contributed by atoms with Crippen LogP contribution in [0.25, 0.3) is 0 Å². The lowest BCUT2D eigenvalue weighted by Gasteiger charge is -2.09. The Labute approximate surface area is 150 Å². The first-order chi connectivity index (χ1) is 12.1. The molecule has 2 N–H and O–H groups in total. The zero-order valence-electron chi connectivity index (χ0n) is 14.3. The smallest absolute Gasteiger partial charge is 0.341 e. The minimum atomic E-state index is -3.73. The molecule has 140 valence electrons. The van der Waals surface area contributed by atoms with Crippen molar-refractivity contribution in [1.82, 2.24) is 4.31 Å². The van der Waals surface area contributed by atoms with Gasteiger partial charge in [-0.2, -0.15) is 0 Å². The molecule has 0 saturated heterocycles. The topological polar surface area (TPSA) is 126 Å². The second-order valence-electron chi connectivity index (χ2n) is 5.48. The number of hydrogen-bond acceptors (Lipinski definition) is 6. The Morgan fingerprint density at radius 3 is 2.58 bits per heavy atom. The van der Waals surface area contributed by atoms with Crippen molar-refractivity contribution in [1.29, 1.82) is 0 Å². The number of aliphatic carboxylic acids is 1. The molecule has 0 bridgehead atoms. The van der Waals surface area contributed by atoms with Gasteiger partial charge >= 0.3 is 5.97 Å². The van der Waals surface area contributed by atoms with Crippen LogP contribution in [0.2, 0.25) is 0 Å². The zero-order valence-corrected chi connectivity index (χ0v) is 15.2. The average Bonchev–Trinajstić information content (AvgIpc) is 2.96. The fourth-order valence-corrected chi connectivity index (χ4v) is 3.09. The molecule has 2 aromatic rings. The van der Waals surface area contributed by atoms with Crippen LogP contribution in [0.5, 0.6) is 5.75 Å². The number of benzene rings is 1. The van der Waals surface area contributed by atoms with Crippen molar-refractivity contribution in [2.45, 2.75) is 11.8 Å². The van der Waals surface area contributed by atoms with Crippen LogP contribution < -0.4 is 10.1 Å². The lowest BCUT2D eigenvalue weighted by Crippen LogP contribution is -2.22. The third-order valence-electron chi connectivity index (χ3n) is 3.31. The molecule has 0 atom stereocenters. The number of carboxylic acids is 1. The van der Waals surface area contributed by atoms with E-state index in [0.29, 0.717) is 5.69 Å². The van der Waals surface area contributed by atoms with Gasteiger partial charge in [-0.1, -0.05) is 6.07 Å². The summed E-state index contributed by atoms with van der Waals surface area (Å²) in [6, 6.07) is 7.28. The van der Waals surface area contributed by atoms with Crippen molar-refractivity contribution in [3.05, 3.63) is 41.9 Å². The highest BCUT2D eigenvalue weighted by Crippen LogP contribution is 2.24. The van der Waals surface area contributed by atoms with E-state index < -0.39 is 28.5 Å². The van der Waals surface area contributed by atoms with Crippen LogP contribution >= 0.6 is 0 Å². The quantitative estimate of drug-likeness (QED) is 0.744. The molecule has 0 spiro atoms. The third-order valence-corrected chi connectivity index (χ3v) is 5.23. The standard InChI is InChI=1S/C16H18N2O7S/c1-10-14(26(22,23)18(2)3)8-13(25-10)16(21)17-11-5-4-6-12(7-11)24-9-15(19)20/h4-8H,9H2,1-3H3,(H,17,21)(H,19,20). The van der Waals surface area contributed by atoms with Gasteiger partial charge in [-0.25, -0.2) is 17.5 Å². The highest BCUT2D eigenvalue weighted by molar-refractivity contribution is 7.89. The second-order valence-corrected chi connectivity index (χ2v) is 7.60. The number of carboxylic acid groups (broad SMARTS) is 1. The van der Waals surface area contributed by atoms with Crippen LogP contribution in [0.1, 0.15) is 16.3 Å². The van der Waals surface area contributed by atoms with Crippen molar-refractivity contribution in [3.63, 3.8) is 0 Å². The summed E-state index contributed by atoms with van der Waals surface area (Å²) in [7, 11) is -0.973. The van der Waals surface area contributed by atoms with E-state index in [0.717, 1.165) is 10.4 Å². The molecule has 1 heterocycles. The van der Waals surface area contributed by atoms with Gasteiger partial charge < -0.3 is 19.6 Å². The van der Waals surface area contributed by atoms with E-state index >= 15 is 0 Å². The minimum absolute atomic E-state index is 0.0915. The Kier molecular flexibility index (Phi) is 5.68. The molecular weight excluding hydrogens is 364 g/mol. The zero-order chi connectivity index (χ0) is 19.5. The third kappa shape index (κ3) is 4.41. The van der Waals surface area contributed by atoms with Crippen molar-refractivity contribution >= 4 is 27.6 Å². The number of nitrogens with one attached hydrogen (secondary N) is 1. The van der Waals surface area contributed by atoms with Gasteiger partial charge in [-0.3, -0.25) is 4.79 Å². The molecule has 0 fully saturated rings. The summed E-state index contributed by atoms with van der Waals surface area (Å²) in [6.07, 6.45) is 0. The summed E-state index contributed by atoms with van der Waals surface area (Å²) < 4.78 is 35.7. The van der Waals surface area contributed by atoms with Crippen LogP contribution in [0.4, 0.5) is 5.69 Å². The number of furan rings is 1. The lowest BCUT2D eigenvalue weighted by atomic mass is 10.3. The molecular formula is C16H18N2O7S. The molecule has 0 saturated carbocycles. The van der Waals surface area contributed by atoms with E-state index in [1.807, 2.05) is 0 Å². The molecule has 1 aromatic heterocycles. The van der Waals surface area contributed by atoms with E-state index in [1.165, 1.54) is 33.2 Å². The van der Waals surface area contributed by atoms with E-state index in [4.69, 9.17) is 14.3 Å². The molecule has 9 nitrogen and oxygen atoms in total. The maximum Gasteiger partial charge on any atom is 0.341 e. The Morgan fingerprint density at radius 2 is 1.96 bits per heavy atom. The first kappa shape index (κ1) is 19.5. The number of ether oxygens (including phenoxy) is 1. The Balaban J connectivity index is 2.19. The van der Waals surface area contributed by atoms with Crippen LogP contribution in [-0.4, -0.2) is 50.4 Å². The Bertz CT molecular complexity index is 932. The van der Waals surface area contributed by atoms with Gasteiger partial charge in [-0.15, -0.1) is 0 Å². The van der Waals surface area contributed by atoms with Crippen LogP contribution in [0, 0.1) is 6.92 Å². The number of hydrogen-bond donors (Lipinski definition) is 2. The van der Waals surface area contributed by atoms with E-state index in [2.05, 4.69) is 5.32 Å². The van der Waals surface area contributed by atoms with Crippen LogP contribution in [-0.2, 0) is 14.8 Å². The fraction of sp³-hybridized carbons (Fsp3) is 0.250. The van der Waals surface area contributed by atoms with Gasteiger partial charge in [0.1, 0.15) is 16.4 Å². The number of carbonyl (C=O) groups is 2. The number of anilines is 1. The molecule has 0 unspecified atom stereocenters. The van der Waals surface area contributed by atoms with Gasteiger partial charge in [-0.05, 0) is 19.1 Å². The predicted octanol–water partition coefficient (Wildman–Crippen LogP) is 1.55. The SMILES string of the molecule is Cc1oc(C(=O)Nc2cccc(OCC(=O)O)c2)cc1S(=O)(=O)N(C)C. The van der Waals surface area contributed by atoms with E-state index in [9.17, 15) is 18.0 Å². The molecule has 26 heavy (non-hydrogen) atoms. The van der Waals surface area contributed by atoms with E-state index in [-0.39, 0.29) is 22.2 Å². The molecule has 0 aliphatic heterocycles. The summed E-state index contributed by atoms with van der Waals surface area (Å²) >= 11 is 0. The number of aryl methyl sites for hydroxylation is 1. The summed E-state index contributed by atoms with van der Waals surface area (Å²) in [6.45, 7) is 0.939. The molecule has 0 aliphatic rings. The summed E-state index contributed by atoms with van der Waals surface area (Å²) in [5.74, 6) is -1.58. The normalized spacial score (nSPS) is 11.4. The van der Waals surface area contributed by atoms with Crippen molar-refractivity contribution in [2.75, 3.05) is 26.0 Å². The number of rotatable bonds is 7. The number of carbonyl (C=O) groups excluding carboxylic acids is 1. The molecule has 10 heteroatoms. The van der Waals surface area contributed by atoms with Gasteiger partial charge in [0.25, 0.3) is 5.91 Å². The van der Waals surface area contributed by atoms with Gasteiger partial charge in [0.15, 0.2) is 12.4 Å². The highest BCUT2D eigenvalue weighted by atomic mass is 32.2. The highest BCUT2D eigenvalue weighted by Gasteiger charge is 2.25. The maximum absolute atomic E-state index is 12.3. The summed E-state index contributed by atoms with van der Waals surface area (Å²) in [4.78, 5) is 22.7. The molecule has 1 amide bonds. The average molecular weight is 382 g/mol. The summed E-state index contributed by atoms with van der Waals surface area (Å²) in [5.41, 5.74) is 0.337. The van der Waals surface area contributed by atoms with Gasteiger partial charge in [0, 0.05) is 31.9 Å². The van der Waals surface area contributed by atoms with Crippen molar-refractivity contribution < 1.29 is 32.3 Å². The Morgan fingerprint density at radius 1 is 1.27 bits per heavy atom. The Hall–Kier alpha value is -2.85. The largest absolute Gasteiger partial charge is 0.482 e. The molecule has 0 aliphatic carbocycles. The number of sulfonamides is 1. The van der Waals surface area contributed by atoms with Crippen LogP contribution in [0.15, 0.2) is 39.6 Å². The van der Waals surface area contributed by atoms with Crippen molar-refractivity contribution in [3.8, 4) is 5.75 Å². The molecule has 0 radical (unpaired) electrons. The van der Waals surface area contributed by atoms with Gasteiger partial charge in [0.2, 0.25) is 10.0 Å². The summed E-state index contributed by atoms with van der Waals surface area (Å²) in [5, 5.41) is 11.2. The molecule has 2 rings (SSSR count). The number of amides is 1.